The van der Waals surface area contributed by atoms with Gasteiger partial charge in [-0.25, -0.2) is 4.39 Å². The highest BCUT2D eigenvalue weighted by Crippen LogP contribution is 2.15. The van der Waals surface area contributed by atoms with Crippen LogP contribution in [-0.4, -0.2) is 41.9 Å². The van der Waals surface area contributed by atoms with Crippen LogP contribution in [0.25, 0.3) is 0 Å². The van der Waals surface area contributed by atoms with Gasteiger partial charge in [-0.1, -0.05) is 24.3 Å². The van der Waals surface area contributed by atoms with E-state index in [1.165, 1.54) is 17.7 Å². The van der Waals surface area contributed by atoms with E-state index >= 15 is 0 Å². The fraction of sp³-hybridized carbons (Fsp3) is 0.292. The van der Waals surface area contributed by atoms with Crippen LogP contribution in [0.2, 0.25) is 0 Å². The van der Waals surface area contributed by atoms with Gasteiger partial charge < -0.3 is 9.73 Å². The largest absolute Gasteiger partial charge is 0.468 e. The van der Waals surface area contributed by atoms with E-state index in [1.54, 1.807) is 18.4 Å². The van der Waals surface area contributed by atoms with Crippen molar-refractivity contribution < 1.29 is 13.6 Å². The van der Waals surface area contributed by atoms with E-state index in [0.29, 0.717) is 0 Å². The Balaban J connectivity index is 1.22. The summed E-state index contributed by atoms with van der Waals surface area (Å²) < 4.78 is 18.4. The number of halogens is 1. The second-order valence-corrected chi connectivity index (χ2v) is 7.68. The molecular weight excluding hydrogens is 381 g/mol. The van der Waals surface area contributed by atoms with Gasteiger partial charge >= 0.3 is 0 Å². The van der Waals surface area contributed by atoms with E-state index < -0.39 is 0 Å². The maximum atomic E-state index is 13.0. The Morgan fingerprint density at radius 3 is 2.13 bits per heavy atom. The standard InChI is InChI=1S/C24H26FN3O2/c25-21-7-3-19(4-8-21)16-24(29)26-22-9-5-20(6-10-22)17-27-11-13-28(14-12-27)18-23-2-1-15-30-23/h1-10,15H,11-14,16-18H2,(H,26,29). The van der Waals surface area contributed by atoms with Crippen LogP contribution in [0.1, 0.15) is 16.9 Å². The van der Waals surface area contributed by atoms with Gasteiger partial charge in [-0.05, 0) is 47.5 Å². The Labute approximate surface area is 176 Å². The van der Waals surface area contributed by atoms with Crippen molar-refractivity contribution in [2.24, 2.45) is 0 Å². The molecule has 2 heterocycles. The van der Waals surface area contributed by atoms with Crippen molar-refractivity contribution in [3.63, 3.8) is 0 Å². The van der Waals surface area contributed by atoms with Crippen LogP contribution in [0.15, 0.2) is 71.3 Å². The molecule has 0 spiro atoms. The number of nitrogens with zero attached hydrogens (tertiary/aromatic N) is 2. The van der Waals surface area contributed by atoms with Crippen LogP contribution >= 0.6 is 0 Å². The van der Waals surface area contributed by atoms with Gasteiger partial charge in [-0.15, -0.1) is 0 Å². The molecule has 0 radical (unpaired) electrons. The summed E-state index contributed by atoms with van der Waals surface area (Å²) in [7, 11) is 0. The maximum absolute atomic E-state index is 13.0. The van der Waals surface area contributed by atoms with E-state index in [2.05, 4.69) is 27.2 Å². The maximum Gasteiger partial charge on any atom is 0.228 e. The molecule has 1 aliphatic heterocycles. The van der Waals surface area contributed by atoms with E-state index in [1.807, 2.05) is 24.3 Å². The molecule has 0 saturated carbocycles. The Morgan fingerprint density at radius 2 is 1.50 bits per heavy atom. The number of anilines is 1. The van der Waals surface area contributed by atoms with Crippen molar-refractivity contribution >= 4 is 11.6 Å². The quantitative estimate of drug-likeness (QED) is 0.645. The number of carbonyl (C=O) groups excluding carboxylic acids is 1. The molecular formula is C24H26FN3O2. The van der Waals surface area contributed by atoms with Crippen molar-refractivity contribution in [2.45, 2.75) is 19.5 Å². The molecule has 0 unspecified atom stereocenters. The van der Waals surface area contributed by atoms with Crippen LogP contribution in [0.4, 0.5) is 10.1 Å². The first-order chi connectivity index (χ1) is 14.6. The van der Waals surface area contributed by atoms with E-state index in [9.17, 15) is 9.18 Å². The molecule has 3 aromatic rings. The molecule has 6 heteroatoms. The third-order valence-corrected chi connectivity index (χ3v) is 5.35. The third-order valence-electron chi connectivity index (χ3n) is 5.35. The SMILES string of the molecule is O=C(Cc1ccc(F)cc1)Nc1ccc(CN2CCN(Cc3ccco3)CC2)cc1. The number of piperazine rings is 1. The molecule has 5 nitrogen and oxygen atoms in total. The smallest absolute Gasteiger partial charge is 0.228 e. The number of hydrogen-bond acceptors (Lipinski definition) is 4. The zero-order chi connectivity index (χ0) is 20.8. The summed E-state index contributed by atoms with van der Waals surface area (Å²) in [6.45, 7) is 5.87. The van der Waals surface area contributed by atoms with Gasteiger partial charge in [0, 0.05) is 38.4 Å². The monoisotopic (exact) mass is 407 g/mol. The van der Waals surface area contributed by atoms with Crippen LogP contribution in [0.3, 0.4) is 0 Å². The summed E-state index contributed by atoms with van der Waals surface area (Å²) in [4.78, 5) is 17.0. The number of rotatable bonds is 7. The Kier molecular flexibility index (Phi) is 6.57. The highest BCUT2D eigenvalue weighted by Gasteiger charge is 2.17. The minimum Gasteiger partial charge on any atom is -0.468 e. The first kappa shape index (κ1) is 20.3. The average molecular weight is 407 g/mol. The molecule has 1 aromatic heterocycles. The van der Waals surface area contributed by atoms with E-state index in [-0.39, 0.29) is 18.1 Å². The predicted molar refractivity (Wildman–Crippen MR) is 114 cm³/mol. The first-order valence-electron chi connectivity index (χ1n) is 10.2. The zero-order valence-corrected chi connectivity index (χ0v) is 16.9. The predicted octanol–water partition coefficient (Wildman–Crippen LogP) is 3.92. The minimum atomic E-state index is -0.298. The molecule has 156 valence electrons. The normalized spacial score (nSPS) is 15.2. The lowest BCUT2D eigenvalue weighted by atomic mass is 10.1. The number of hydrogen-bond donors (Lipinski definition) is 1. The van der Waals surface area contributed by atoms with E-state index in [0.717, 1.165) is 56.3 Å². The summed E-state index contributed by atoms with van der Waals surface area (Å²) in [5.41, 5.74) is 2.79. The third kappa shape index (κ3) is 5.78. The Hall–Kier alpha value is -2.96. The number of carbonyl (C=O) groups is 1. The van der Waals surface area contributed by atoms with Gasteiger partial charge in [0.25, 0.3) is 0 Å². The highest BCUT2D eigenvalue weighted by molar-refractivity contribution is 5.92. The molecule has 1 aliphatic rings. The van der Waals surface area contributed by atoms with Gasteiger partial charge in [0.2, 0.25) is 5.91 Å². The lowest BCUT2D eigenvalue weighted by molar-refractivity contribution is -0.115. The van der Waals surface area contributed by atoms with Crippen molar-refractivity contribution in [1.29, 1.82) is 0 Å². The minimum absolute atomic E-state index is 0.109. The van der Waals surface area contributed by atoms with Crippen molar-refractivity contribution in [3.05, 3.63) is 89.6 Å². The summed E-state index contributed by atoms with van der Waals surface area (Å²) in [5, 5.41) is 2.90. The average Bonchev–Trinajstić information content (AvgIpc) is 3.26. The zero-order valence-electron chi connectivity index (χ0n) is 16.9. The summed E-state index contributed by atoms with van der Waals surface area (Å²) >= 11 is 0. The van der Waals surface area contributed by atoms with Crippen LogP contribution in [0, 0.1) is 5.82 Å². The van der Waals surface area contributed by atoms with Gasteiger partial charge in [0.15, 0.2) is 0 Å². The van der Waals surface area contributed by atoms with Gasteiger partial charge in [-0.3, -0.25) is 14.6 Å². The Bertz CT molecular complexity index is 932. The number of amides is 1. The molecule has 30 heavy (non-hydrogen) atoms. The molecule has 0 bridgehead atoms. The van der Waals surface area contributed by atoms with Crippen LogP contribution in [0.5, 0.6) is 0 Å². The number of benzene rings is 2. The second kappa shape index (κ2) is 9.69. The topological polar surface area (TPSA) is 48.7 Å². The van der Waals surface area contributed by atoms with Crippen molar-refractivity contribution in [3.8, 4) is 0 Å². The molecule has 1 fully saturated rings. The molecule has 1 saturated heterocycles. The summed E-state index contributed by atoms with van der Waals surface area (Å²) in [5.74, 6) is 0.608. The molecule has 1 amide bonds. The van der Waals surface area contributed by atoms with Crippen molar-refractivity contribution in [1.82, 2.24) is 9.80 Å². The first-order valence-corrected chi connectivity index (χ1v) is 10.2. The lowest BCUT2D eigenvalue weighted by Gasteiger charge is -2.34. The Morgan fingerprint density at radius 1 is 0.867 bits per heavy atom. The second-order valence-electron chi connectivity index (χ2n) is 7.68. The molecule has 0 atom stereocenters. The van der Waals surface area contributed by atoms with Crippen molar-refractivity contribution in [2.75, 3.05) is 31.5 Å². The molecule has 0 aliphatic carbocycles. The highest BCUT2D eigenvalue weighted by atomic mass is 19.1. The molecule has 4 rings (SSSR count). The van der Waals surface area contributed by atoms with Gasteiger partial charge in [0.05, 0.1) is 19.2 Å². The lowest BCUT2D eigenvalue weighted by Crippen LogP contribution is -2.45. The van der Waals surface area contributed by atoms with E-state index in [4.69, 9.17) is 4.42 Å². The van der Waals surface area contributed by atoms with Crippen LogP contribution < -0.4 is 5.32 Å². The fourth-order valence-corrected chi connectivity index (χ4v) is 3.67. The fourth-order valence-electron chi connectivity index (χ4n) is 3.67. The molecule has 2 aromatic carbocycles. The number of furan rings is 1. The van der Waals surface area contributed by atoms with Gasteiger partial charge in [0.1, 0.15) is 11.6 Å². The summed E-state index contributed by atoms with van der Waals surface area (Å²) in [6, 6.07) is 17.9. The molecule has 1 N–H and O–H groups in total. The van der Waals surface area contributed by atoms with Crippen LogP contribution in [-0.2, 0) is 24.3 Å². The van der Waals surface area contributed by atoms with Gasteiger partial charge in [-0.2, -0.15) is 0 Å². The summed E-state index contributed by atoms with van der Waals surface area (Å²) in [6.07, 6.45) is 1.95. The number of nitrogens with one attached hydrogen (secondary N) is 1.